The van der Waals surface area contributed by atoms with E-state index < -0.39 is 6.67 Å². The Morgan fingerprint density at radius 2 is 2.33 bits per heavy atom. The summed E-state index contributed by atoms with van der Waals surface area (Å²) in [4.78, 5) is 0.898. The summed E-state index contributed by atoms with van der Waals surface area (Å²) in [5.74, 6) is 0. The van der Waals surface area contributed by atoms with Crippen LogP contribution in [0.3, 0.4) is 0 Å². The normalized spacial score (nSPS) is 9.42. The van der Waals surface area contributed by atoms with Crippen LogP contribution in [0.5, 0.6) is 0 Å². The second-order valence-corrected chi connectivity index (χ2v) is 3.13. The molecule has 0 unspecified atom stereocenters. The molecule has 1 rings (SSSR count). The van der Waals surface area contributed by atoms with Crippen molar-refractivity contribution >= 4 is 11.8 Å². The minimum absolute atomic E-state index is 0.511. The van der Waals surface area contributed by atoms with Crippen LogP contribution in [-0.2, 0) is 6.67 Å². The van der Waals surface area contributed by atoms with E-state index >= 15 is 0 Å². The first-order valence-electron chi connectivity index (χ1n) is 3.44. The summed E-state index contributed by atoms with van der Waals surface area (Å²) in [5, 5.41) is 8.68. The third-order valence-electron chi connectivity index (χ3n) is 1.54. The van der Waals surface area contributed by atoms with Crippen LogP contribution in [0, 0.1) is 11.3 Å². The van der Waals surface area contributed by atoms with E-state index in [1.54, 1.807) is 18.2 Å². The third-order valence-corrected chi connectivity index (χ3v) is 2.33. The van der Waals surface area contributed by atoms with Crippen molar-refractivity contribution in [3.63, 3.8) is 0 Å². The summed E-state index contributed by atoms with van der Waals surface area (Å²) in [6.07, 6.45) is 1.89. The molecule has 0 aliphatic heterocycles. The van der Waals surface area contributed by atoms with E-state index in [9.17, 15) is 4.39 Å². The highest BCUT2D eigenvalue weighted by molar-refractivity contribution is 7.98. The number of nitriles is 1. The molecule has 0 bridgehead atoms. The van der Waals surface area contributed by atoms with Gasteiger partial charge in [0.2, 0.25) is 0 Å². The van der Waals surface area contributed by atoms with Gasteiger partial charge in [-0.05, 0) is 24.0 Å². The van der Waals surface area contributed by atoms with Crippen LogP contribution in [0.1, 0.15) is 11.1 Å². The second kappa shape index (κ2) is 4.13. The first-order chi connectivity index (χ1) is 5.81. The topological polar surface area (TPSA) is 23.8 Å². The lowest BCUT2D eigenvalue weighted by atomic mass is 10.1. The first kappa shape index (κ1) is 9.08. The van der Waals surface area contributed by atoms with Crippen LogP contribution in [0.15, 0.2) is 23.1 Å². The predicted molar refractivity (Wildman–Crippen MR) is 47.8 cm³/mol. The molecule has 0 radical (unpaired) electrons. The number of alkyl halides is 1. The maximum Gasteiger partial charge on any atom is 0.115 e. The van der Waals surface area contributed by atoms with Gasteiger partial charge in [-0.2, -0.15) is 5.26 Å². The van der Waals surface area contributed by atoms with E-state index in [1.807, 2.05) is 12.3 Å². The summed E-state index contributed by atoms with van der Waals surface area (Å²) in [6.45, 7) is -0.511. The average Bonchev–Trinajstić information content (AvgIpc) is 2.16. The van der Waals surface area contributed by atoms with E-state index in [4.69, 9.17) is 5.26 Å². The van der Waals surface area contributed by atoms with Gasteiger partial charge < -0.3 is 0 Å². The first-order valence-corrected chi connectivity index (χ1v) is 4.67. The van der Waals surface area contributed by atoms with Crippen LogP contribution < -0.4 is 0 Å². The Morgan fingerprint density at radius 3 is 2.83 bits per heavy atom. The van der Waals surface area contributed by atoms with Crippen LogP contribution in [0.4, 0.5) is 4.39 Å². The minimum atomic E-state index is -0.511. The second-order valence-electron chi connectivity index (χ2n) is 2.28. The van der Waals surface area contributed by atoms with Crippen molar-refractivity contribution in [2.45, 2.75) is 11.6 Å². The molecule has 0 atom stereocenters. The molecule has 0 saturated carbocycles. The van der Waals surface area contributed by atoms with Crippen LogP contribution in [-0.4, -0.2) is 6.26 Å². The number of halogens is 1. The van der Waals surface area contributed by atoms with E-state index in [-0.39, 0.29) is 0 Å². The van der Waals surface area contributed by atoms with Crippen molar-refractivity contribution in [3.05, 3.63) is 29.3 Å². The molecular weight excluding hydrogens is 173 g/mol. The molecule has 0 aliphatic carbocycles. The monoisotopic (exact) mass is 181 g/mol. The summed E-state index contributed by atoms with van der Waals surface area (Å²) in [5.41, 5.74) is 1.11. The standard InChI is InChI=1S/C9H8FNS/c1-12-9-3-2-7(5-10)4-8(9)6-11/h2-4H,5H2,1H3. The number of rotatable bonds is 2. The van der Waals surface area contributed by atoms with Gasteiger partial charge in [0.1, 0.15) is 12.7 Å². The Hall–Kier alpha value is -1.01. The molecule has 0 saturated heterocycles. The lowest BCUT2D eigenvalue weighted by Gasteiger charge is -2.00. The molecule has 0 aliphatic rings. The molecule has 1 aromatic carbocycles. The van der Waals surface area contributed by atoms with Gasteiger partial charge in [-0.15, -0.1) is 11.8 Å². The van der Waals surface area contributed by atoms with Gasteiger partial charge in [-0.3, -0.25) is 0 Å². The highest BCUT2D eigenvalue weighted by Crippen LogP contribution is 2.21. The molecule has 12 heavy (non-hydrogen) atoms. The van der Waals surface area contributed by atoms with Crippen molar-refractivity contribution in [2.24, 2.45) is 0 Å². The molecule has 3 heteroatoms. The lowest BCUT2D eigenvalue weighted by Crippen LogP contribution is -1.84. The maximum atomic E-state index is 12.2. The molecule has 0 spiro atoms. The van der Waals surface area contributed by atoms with E-state index in [1.165, 1.54) is 11.8 Å². The molecule has 0 aromatic heterocycles. The largest absolute Gasteiger partial charge is 0.246 e. The van der Waals surface area contributed by atoms with Crippen molar-refractivity contribution in [1.29, 1.82) is 5.26 Å². The smallest absolute Gasteiger partial charge is 0.115 e. The van der Waals surface area contributed by atoms with Gasteiger partial charge in [-0.25, -0.2) is 4.39 Å². The zero-order valence-corrected chi connectivity index (χ0v) is 7.49. The molecule has 0 heterocycles. The Morgan fingerprint density at radius 1 is 1.58 bits per heavy atom. The van der Waals surface area contributed by atoms with Gasteiger partial charge in [0, 0.05) is 4.90 Å². The van der Waals surface area contributed by atoms with Crippen molar-refractivity contribution in [1.82, 2.24) is 0 Å². The fraction of sp³-hybridized carbons (Fsp3) is 0.222. The third kappa shape index (κ3) is 1.77. The molecule has 1 aromatic rings. The molecule has 1 nitrogen and oxygen atoms in total. The Balaban J connectivity index is 3.13. The van der Waals surface area contributed by atoms with Gasteiger partial charge in [0.25, 0.3) is 0 Å². The zero-order chi connectivity index (χ0) is 8.97. The molecule has 0 N–H and O–H groups in total. The number of thioether (sulfide) groups is 1. The Kier molecular flexibility index (Phi) is 3.12. The fourth-order valence-corrected chi connectivity index (χ4v) is 1.45. The van der Waals surface area contributed by atoms with E-state index in [0.717, 1.165) is 4.90 Å². The SMILES string of the molecule is CSc1ccc(CF)cc1C#N. The number of hydrogen-bond donors (Lipinski definition) is 0. The zero-order valence-electron chi connectivity index (χ0n) is 6.67. The van der Waals surface area contributed by atoms with Crippen LogP contribution in [0.2, 0.25) is 0 Å². The van der Waals surface area contributed by atoms with Crippen molar-refractivity contribution < 1.29 is 4.39 Å². The Labute approximate surface area is 75.2 Å². The summed E-state index contributed by atoms with van der Waals surface area (Å²) in [6, 6.07) is 7.10. The van der Waals surface area contributed by atoms with Crippen molar-refractivity contribution in [3.8, 4) is 6.07 Å². The molecule has 62 valence electrons. The average molecular weight is 181 g/mol. The maximum absolute atomic E-state index is 12.2. The van der Waals surface area contributed by atoms with Gasteiger partial charge >= 0.3 is 0 Å². The summed E-state index contributed by atoms with van der Waals surface area (Å²) in [7, 11) is 0. The summed E-state index contributed by atoms with van der Waals surface area (Å²) < 4.78 is 12.2. The van der Waals surface area contributed by atoms with Crippen LogP contribution >= 0.6 is 11.8 Å². The van der Waals surface area contributed by atoms with Crippen molar-refractivity contribution in [2.75, 3.05) is 6.26 Å². The van der Waals surface area contributed by atoms with Gasteiger partial charge in [0.15, 0.2) is 0 Å². The quantitative estimate of drug-likeness (QED) is 0.655. The molecular formula is C9H8FNS. The number of benzene rings is 1. The molecule has 0 amide bonds. The Bertz CT molecular complexity index is 317. The number of hydrogen-bond acceptors (Lipinski definition) is 2. The fourth-order valence-electron chi connectivity index (χ4n) is 0.926. The minimum Gasteiger partial charge on any atom is -0.246 e. The summed E-state index contributed by atoms with van der Waals surface area (Å²) >= 11 is 1.49. The van der Waals surface area contributed by atoms with Gasteiger partial charge in [0.05, 0.1) is 5.56 Å². The number of nitrogens with zero attached hydrogens (tertiary/aromatic N) is 1. The van der Waals surface area contributed by atoms with Crippen LogP contribution in [0.25, 0.3) is 0 Å². The highest BCUT2D eigenvalue weighted by Gasteiger charge is 2.01. The molecule has 0 fully saturated rings. The predicted octanol–water partition coefficient (Wildman–Crippen LogP) is 2.75. The highest BCUT2D eigenvalue weighted by atomic mass is 32.2. The van der Waals surface area contributed by atoms with Gasteiger partial charge in [-0.1, -0.05) is 6.07 Å². The lowest BCUT2D eigenvalue weighted by molar-refractivity contribution is 0.485. The van der Waals surface area contributed by atoms with E-state index in [2.05, 4.69) is 0 Å². The van der Waals surface area contributed by atoms with E-state index in [0.29, 0.717) is 11.1 Å².